The van der Waals surface area contributed by atoms with Crippen LogP contribution in [-0.4, -0.2) is 75.3 Å². The van der Waals surface area contributed by atoms with Crippen molar-refractivity contribution in [2.45, 2.75) is 31.9 Å². The second kappa shape index (κ2) is 10.7. The van der Waals surface area contributed by atoms with Crippen LogP contribution in [0.1, 0.15) is 40.5 Å². The van der Waals surface area contributed by atoms with Crippen molar-refractivity contribution in [2.24, 2.45) is 0 Å². The van der Waals surface area contributed by atoms with Crippen molar-refractivity contribution < 1.29 is 22.8 Å². The fraction of sp³-hybridized carbons (Fsp3) is 0.280. The van der Waals surface area contributed by atoms with E-state index in [1.54, 1.807) is 15.5 Å². The Balaban J connectivity index is 1.42. The maximum atomic E-state index is 15.0. The minimum absolute atomic E-state index is 0.00492. The molecule has 0 aliphatic carbocycles. The molecule has 6 rings (SSSR count). The minimum atomic E-state index is -2.74. The molecule has 2 atom stereocenters. The summed E-state index contributed by atoms with van der Waals surface area (Å²) in [5, 5.41) is 11.0. The number of likely N-dealkylation sites (tertiary alicyclic amines) is 1. The van der Waals surface area contributed by atoms with E-state index in [1.165, 1.54) is 48.6 Å². The Morgan fingerprint density at radius 3 is 2.61 bits per heavy atom. The van der Waals surface area contributed by atoms with E-state index in [1.807, 2.05) is 0 Å². The number of carbonyl (C=O) groups excluding carboxylic acids is 2. The molecular weight excluding hydrogens is 561 g/mol. The van der Waals surface area contributed by atoms with Crippen molar-refractivity contribution in [1.29, 1.82) is 0 Å². The number of pyridine rings is 2. The molecule has 210 valence electrons. The topological polar surface area (TPSA) is 137 Å². The zero-order valence-corrected chi connectivity index (χ0v) is 22.2. The van der Waals surface area contributed by atoms with Crippen LogP contribution in [-0.2, 0) is 4.79 Å². The molecular formula is C25H21F3N10O2S. The highest BCUT2D eigenvalue weighted by Crippen LogP contribution is 2.34. The summed E-state index contributed by atoms with van der Waals surface area (Å²) >= 11 is 0.607. The molecule has 5 aromatic rings. The van der Waals surface area contributed by atoms with Crippen LogP contribution in [0.3, 0.4) is 0 Å². The molecule has 12 nitrogen and oxygen atoms in total. The van der Waals surface area contributed by atoms with E-state index in [0.717, 1.165) is 6.20 Å². The molecule has 2 amide bonds. The maximum absolute atomic E-state index is 15.0. The minimum Gasteiger partial charge on any atom is -0.345 e. The average molecular weight is 583 g/mol. The zero-order valence-electron chi connectivity index (χ0n) is 21.4. The Morgan fingerprint density at radius 2 is 1.90 bits per heavy atom. The second-order valence-electron chi connectivity index (χ2n) is 9.34. The van der Waals surface area contributed by atoms with Crippen LogP contribution in [0.4, 0.5) is 13.2 Å². The number of carbonyl (C=O) groups is 2. The third-order valence-corrected chi connectivity index (χ3v) is 7.67. The lowest BCUT2D eigenvalue weighted by atomic mass is 9.99. The molecule has 1 aliphatic rings. The molecule has 0 aromatic carbocycles. The average Bonchev–Trinajstić information content (AvgIpc) is 3.73. The van der Waals surface area contributed by atoms with Crippen LogP contribution >= 0.6 is 11.3 Å². The lowest BCUT2D eigenvalue weighted by molar-refractivity contribution is -0.130. The molecule has 1 aliphatic heterocycles. The largest absolute Gasteiger partial charge is 0.345 e. The highest BCUT2D eigenvalue weighted by Gasteiger charge is 2.34. The monoisotopic (exact) mass is 582 g/mol. The molecule has 6 heterocycles. The van der Waals surface area contributed by atoms with Gasteiger partial charge in [0.25, 0.3) is 12.3 Å². The highest BCUT2D eigenvalue weighted by molar-refractivity contribution is 7.13. The molecule has 5 aromatic heterocycles. The van der Waals surface area contributed by atoms with Crippen molar-refractivity contribution in [2.75, 3.05) is 13.1 Å². The van der Waals surface area contributed by atoms with Crippen LogP contribution in [0.15, 0.2) is 49.2 Å². The van der Waals surface area contributed by atoms with Gasteiger partial charge in [-0.3, -0.25) is 9.59 Å². The van der Waals surface area contributed by atoms with Crippen molar-refractivity contribution in [3.63, 3.8) is 0 Å². The van der Waals surface area contributed by atoms with E-state index < -0.39 is 30.2 Å². The van der Waals surface area contributed by atoms with Crippen molar-refractivity contribution >= 4 is 34.2 Å². The van der Waals surface area contributed by atoms with E-state index >= 15 is 4.39 Å². The van der Waals surface area contributed by atoms with E-state index in [0.29, 0.717) is 34.6 Å². The predicted molar refractivity (Wildman–Crippen MR) is 140 cm³/mol. The van der Waals surface area contributed by atoms with Gasteiger partial charge in [0, 0.05) is 44.5 Å². The Morgan fingerprint density at radius 1 is 1.10 bits per heavy atom. The van der Waals surface area contributed by atoms with Gasteiger partial charge in [-0.1, -0.05) is 0 Å². The quantitative estimate of drug-likeness (QED) is 0.322. The fourth-order valence-electron chi connectivity index (χ4n) is 4.88. The number of nitrogens with one attached hydrogen (secondary N) is 1. The first-order valence-corrected chi connectivity index (χ1v) is 13.3. The molecule has 2 unspecified atom stereocenters. The van der Waals surface area contributed by atoms with Crippen LogP contribution in [0, 0.1) is 5.82 Å². The third kappa shape index (κ3) is 5.13. The van der Waals surface area contributed by atoms with Gasteiger partial charge in [0.05, 0.1) is 35.0 Å². The third-order valence-electron chi connectivity index (χ3n) is 6.66. The first-order valence-electron chi connectivity index (χ1n) is 12.4. The summed E-state index contributed by atoms with van der Waals surface area (Å²) in [6.07, 6.45) is 4.52. The van der Waals surface area contributed by atoms with Gasteiger partial charge >= 0.3 is 0 Å². The molecule has 0 bridgehead atoms. The van der Waals surface area contributed by atoms with Crippen molar-refractivity contribution in [1.82, 2.24) is 49.7 Å². The number of alkyl halides is 2. The van der Waals surface area contributed by atoms with Gasteiger partial charge in [0.2, 0.25) is 5.91 Å². The Bertz CT molecular complexity index is 1740. The molecule has 0 saturated carbocycles. The summed E-state index contributed by atoms with van der Waals surface area (Å²) in [7, 11) is 0. The van der Waals surface area contributed by atoms with E-state index in [-0.39, 0.29) is 40.4 Å². The fourth-order valence-corrected chi connectivity index (χ4v) is 5.55. The number of thiazole rings is 1. The summed E-state index contributed by atoms with van der Waals surface area (Å²) < 4.78 is 42.9. The Labute approximate surface area is 233 Å². The summed E-state index contributed by atoms with van der Waals surface area (Å²) in [6, 6.07) is 3.38. The number of imidazole rings is 1. The van der Waals surface area contributed by atoms with E-state index in [9.17, 15) is 18.4 Å². The summed E-state index contributed by atoms with van der Waals surface area (Å²) in [5.74, 6) is -0.847. The number of aromatic nitrogens is 8. The number of hydrogen-bond donors (Lipinski definition) is 1. The van der Waals surface area contributed by atoms with Gasteiger partial charge < -0.3 is 14.8 Å². The predicted octanol–water partition coefficient (Wildman–Crippen LogP) is 3.20. The Hall–Kier alpha value is -4.73. The van der Waals surface area contributed by atoms with Gasteiger partial charge in [-0.05, 0) is 18.6 Å². The number of nitrogens with zero attached hydrogens (tertiary/aromatic N) is 9. The lowest BCUT2D eigenvalue weighted by Crippen LogP contribution is -2.52. The Kier molecular flexibility index (Phi) is 6.90. The molecule has 1 saturated heterocycles. The van der Waals surface area contributed by atoms with E-state index in [4.69, 9.17) is 0 Å². The number of piperidine rings is 1. The van der Waals surface area contributed by atoms with Crippen LogP contribution < -0.4 is 5.32 Å². The van der Waals surface area contributed by atoms with Crippen molar-refractivity contribution in [3.05, 3.63) is 64.9 Å². The molecule has 0 radical (unpaired) electrons. The smallest absolute Gasteiger partial charge is 0.280 e. The van der Waals surface area contributed by atoms with Gasteiger partial charge in [-0.15, -0.1) is 16.1 Å². The first kappa shape index (κ1) is 26.5. The standard InChI is InChI=1S/C25H21F3N10O2S/c1-13(39)36-11-14(34-24(40)25-31-10-19(41-25)22(27)28)7-15(12-36)37-18-8-20(38-32-5-6-33-38)30-9-17(18)35-23(37)21-16(26)3-2-4-29-21/h2-6,8-10,14-15,22H,7,11-12H2,1H3,(H,34,40). The van der Waals surface area contributed by atoms with Gasteiger partial charge in [-0.25, -0.2) is 33.1 Å². The molecule has 16 heteroatoms. The number of amides is 2. The summed E-state index contributed by atoms with van der Waals surface area (Å²) in [6.45, 7) is 1.83. The number of rotatable bonds is 6. The normalized spacial score (nSPS) is 17.3. The summed E-state index contributed by atoms with van der Waals surface area (Å²) in [5.41, 5.74) is 1.02. The molecule has 1 N–H and O–H groups in total. The maximum Gasteiger partial charge on any atom is 0.280 e. The van der Waals surface area contributed by atoms with Gasteiger partial charge in [0.1, 0.15) is 11.2 Å². The first-order chi connectivity index (χ1) is 19.8. The number of hydrogen-bond acceptors (Lipinski definition) is 9. The number of halogens is 3. The number of fused-ring (bicyclic) bond motifs is 1. The van der Waals surface area contributed by atoms with Gasteiger partial charge in [0.15, 0.2) is 22.5 Å². The molecule has 41 heavy (non-hydrogen) atoms. The van der Waals surface area contributed by atoms with Crippen LogP contribution in [0.2, 0.25) is 0 Å². The SMILES string of the molecule is CC(=O)N1CC(NC(=O)c2ncc(C(F)F)s2)CC(n2c(-c3ncccc3F)nc3cnc(-n4nccn4)cc32)C1. The lowest BCUT2D eigenvalue weighted by Gasteiger charge is -2.38. The van der Waals surface area contributed by atoms with Crippen LogP contribution in [0.5, 0.6) is 0 Å². The van der Waals surface area contributed by atoms with E-state index in [2.05, 4.69) is 35.5 Å². The van der Waals surface area contributed by atoms with Crippen LogP contribution in [0.25, 0.3) is 28.4 Å². The molecule has 1 fully saturated rings. The molecule has 0 spiro atoms. The zero-order chi connectivity index (χ0) is 28.7. The van der Waals surface area contributed by atoms with Gasteiger partial charge in [-0.2, -0.15) is 10.2 Å². The van der Waals surface area contributed by atoms with Crippen molar-refractivity contribution in [3.8, 4) is 17.3 Å². The summed E-state index contributed by atoms with van der Waals surface area (Å²) in [4.78, 5) is 45.1. The second-order valence-corrected chi connectivity index (χ2v) is 10.4. The highest BCUT2D eigenvalue weighted by atomic mass is 32.1.